The highest BCUT2D eigenvalue weighted by Gasteiger charge is 2.38. The molecule has 0 aliphatic heterocycles. The van der Waals surface area contributed by atoms with Gasteiger partial charge in [0, 0.05) is 5.39 Å². The lowest BCUT2D eigenvalue weighted by atomic mass is 9.85. The molecule has 3 nitrogen and oxygen atoms in total. The smallest absolute Gasteiger partial charge is 0.153 e. The van der Waals surface area contributed by atoms with E-state index >= 15 is 4.39 Å². The summed E-state index contributed by atoms with van der Waals surface area (Å²) in [5, 5.41) is 13.0. The Kier molecular flexibility index (Phi) is 3.68. The Bertz CT molecular complexity index is 521. The van der Waals surface area contributed by atoms with Crippen LogP contribution in [0, 0.1) is 0 Å². The molecular weight excluding hydrogens is 233 g/mol. The summed E-state index contributed by atoms with van der Waals surface area (Å²) in [6.07, 6.45) is 1.88. The van der Waals surface area contributed by atoms with Gasteiger partial charge in [-0.25, -0.2) is 4.39 Å². The molecule has 0 radical (unpaired) electrons. The number of aliphatic hydroxyl groups is 1. The van der Waals surface area contributed by atoms with Gasteiger partial charge in [-0.1, -0.05) is 13.0 Å². The zero-order chi connectivity index (χ0) is 13.2. The van der Waals surface area contributed by atoms with Crippen LogP contribution in [0.2, 0.25) is 0 Å². The fraction of sp³-hybridized carbons (Fsp3) is 0.429. The first-order chi connectivity index (χ1) is 8.65. The van der Waals surface area contributed by atoms with Gasteiger partial charge in [-0.05, 0) is 37.2 Å². The van der Waals surface area contributed by atoms with E-state index in [9.17, 15) is 5.11 Å². The van der Waals surface area contributed by atoms with E-state index < -0.39 is 11.7 Å². The topological polar surface area (TPSA) is 45.4 Å². The van der Waals surface area contributed by atoms with Crippen molar-refractivity contribution in [2.24, 2.45) is 0 Å². The summed E-state index contributed by atoms with van der Waals surface area (Å²) in [4.78, 5) is 0. The summed E-state index contributed by atoms with van der Waals surface area (Å²) in [5.41, 5.74) is -0.288. The van der Waals surface area contributed by atoms with Crippen molar-refractivity contribution in [1.29, 1.82) is 0 Å². The predicted molar refractivity (Wildman–Crippen MR) is 69.2 cm³/mol. The standard InChI is InChI=1S/C14H18FNO2/c1-3-14(15,13(9-17)16-2)11-4-5-12-10(8-11)6-7-18-12/h4-8,13,16-17H,3,9H2,1-2H3. The average molecular weight is 251 g/mol. The van der Waals surface area contributed by atoms with Crippen molar-refractivity contribution in [3.05, 3.63) is 36.1 Å². The van der Waals surface area contributed by atoms with Crippen LogP contribution in [-0.4, -0.2) is 24.8 Å². The molecule has 0 aliphatic carbocycles. The minimum atomic E-state index is -1.59. The van der Waals surface area contributed by atoms with Crippen molar-refractivity contribution in [2.45, 2.75) is 25.1 Å². The zero-order valence-electron chi connectivity index (χ0n) is 10.6. The molecule has 0 saturated heterocycles. The molecule has 98 valence electrons. The van der Waals surface area contributed by atoms with Gasteiger partial charge in [0.25, 0.3) is 0 Å². The first-order valence-corrected chi connectivity index (χ1v) is 6.10. The molecule has 1 aromatic heterocycles. The van der Waals surface area contributed by atoms with Crippen LogP contribution < -0.4 is 5.32 Å². The predicted octanol–water partition coefficient (Wildman–Crippen LogP) is 2.59. The van der Waals surface area contributed by atoms with Gasteiger partial charge in [0.05, 0.1) is 18.9 Å². The van der Waals surface area contributed by atoms with Gasteiger partial charge in [0.2, 0.25) is 0 Å². The number of nitrogens with one attached hydrogen (secondary N) is 1. The molecule has 1 aromatic carbocycles. The van der Waals surface area contributed by atoms with E-state index in [2.05, 4.69) is 5.32 Å². The number of aliphatic hydroxyl groups excluding tert-OH is 1. The molecule has 2 N–H and O–H groups in total. The third-order valence-electron chi connectivity index (χ3n) is 3.53. The molecule has 4 heteroatoms. The highest BCUT2D eigenvalue weighted by atomic mass is 19.1. The van der Waals surface area contributed by atoms with Crippen LogP contribution in [0.25, 0.3) is 11.0 Å². The summed E-state index contributed by atoms with van der Waals surface area (Å²) in [6, 6.07) is 6.45. The van der Waals surface area contributed by atoms with E-state index in [1.165, 1.54) is 0 Å². The number of halogens is 1. The lowest BCUT2D eigenvalue weighted by Crippen LogP contribution is -2.46. The largest absolute Gasteiger partial charge is 0.464 e. The van der Waals surface area contributed by atoms with Crippen LogP contribution in [0.5, 0.6) is 0 Å². The number of fused-ring (bicyclic) bond motifs is 1. The molecule has 18 heavy (non-hydrogen) atoms. The lowest BCUT2D eigenvalue weighted by Gasteiger charge is -2.32. The molecule has 0 saturated carbocycles. The van der Waals surface area contributed by atoms with Crippen molar-refractivity contribution in [2.75, 3.05) is 13.7 Å². The highest BCUT2D eigenvalue weighted by molar-refractivity contribution is 5.78. The molecular formula is C14H18FNO2. The van der Waals surface area contributed by atoms with Gasteiger partial charge in [0.1, 0.15) is 5.58 Å². The highest BCUT2D eigenvalue weighted by Crippen LogP contribution is 2.35. The maximum atomic E-state index is 15.1. The number of alkyl halides is 1. The van der Waals surface area contributed by atoms with Crippen LogP contribution in [0.1, 0.15) is 18.9 Å². The van der Waals surface area contributed by atoms with E-state index in [1.54, 1.807) is 38.4 Å². The molecule has 0 amide bonds. The Morgan fingerprint density at radius 2 is 2.22 bits per heavy atom. The molecule has 0 bridgehead atoms. The van der Waals surface area contributed by atoms with Crippen molar-refractivity contribution in [1.82, 2.24) is 5.32 Å². The first kappa shape index (κ1) is 13.1. The Hall–Kier alpha value is -1.39. The second-order valence-corrected chi connectivity index (χ2v) is 4.41. The Labute approximate surface area is 106 Å². The molecule has 0 aliphatic rings. The fourth-order valence-corrected chi connectivity index (χ4v) is 2.34. The third kappa shape index (κ3) is 2.02. The van der Waals surface area contributed by atoms with E-state index in [4.69, 9.17) is 4.42 Å². The van der Waals surface area contributed by atoms with Crippen molar-refractivity contribution in [3.8, 4) is 0 Å². The number of furan rings is 1. The van der Waals surface area contributed by atoms with Gasteiger partial charge >= 0.3 is 0 Å². The summed E-state index contributed by atoms with van der Waals surface area (Å²) in [5.74, 6) is 0. The number of rotatable bonds is 5. The van der Waals surface area contributed by atoms with E-state index in [0.717, 1.165) is 11.0 Å². The summed E-state index contributed by atoms with van der Waals surface area (Å²) in [7, 11) is 1.65. The number of likely N-dealkylation sites (N-methyl/N-ethyl adjacent to an activating group) is 1. The van der Waals surface area contributed by atoms with Crippen LogP contribution in [0.3, 0.4) is 0 Å². The first-order valence-electron chi connectivity index (χ1n) is 6.10. The quantitative estimate of drug-likeness (QED) is 0.858. The van der Waals surface area contributed by atoms with Crippen LogP contribution in [0.15, 0.2) is 34.9 Å². The number of hydrogen-bond donors (Lipinski definition) is 2. The van der Waals surface area contributed by atoms with Crippen LogP contribution in [-0.2, 0) is 5.67 Å². The SMILES string of the molecule is CCC(F)(c1ccc2occc2c1)C(CO)NC. The minimum absolute atomic E-state index is 0.246. The van der Waals surface area contributed by atoms with E-state index in [0.29, 0.717) is 12.0 Å². The van der Waals surface area contributed by atoms with Gasteiger partial charge in [0.15, 0.2) is 5.67 Å². The monoisotopic (exact) mass is 251 g/mol. The third-order valence-corrected chi connectivity index (χ3v) is 3.53. The summed E-state index contributed by atoms with van der Waals surface area (Å²) in [6.45, 7) is 1.53. The molecule has 2 rings (SSSR count). The van der Waals surface area contributed by atoms with Gasteiger partial charge in [-0.3, -0.25) is 0 Å². The van der Waals surface area contributed by atoms with Crippen molar-refractivity contribution >= 4 is 11.0 Å². The van der Waals surface area contributed by atoms with Crippen molar-refractivity contribution < 1.29 is 13.9 Å². The normalized spacial score (nSPS) is 16.7. The zero-order valence-corrected chi connectivity index (χ0v) is 10.6. The molecule has 1 heterocycles. The van der Waals surface area contributed by atoms with Gasteiger partial charge < -0.3 is 14.8 Å². The average Bonchev–Trinajstić information content (AvgIpc) is 2.86. The molecule has 2 atom stereocenters. The maximum absolute atomic E-state index is 15.1. The maximum Gasteiger partial charge on any atom is 0.153 e. The molecule has 2 unspecified atom stereocenters. The van der Waals surface area contributed by atoms with E-state index in [-0.39, 0.29) is 6.61 Å². The lowest BCUT2D eigenvalue weighted by molar-refractivity contribution is 0.0641. The van der Waals surface area contributed by atoms with Gasteiger partial charge in [-0.2, -0.15) is 0 Å². The molecule has 0 fully saturated rings. The summed E-state index contributed by atoms with van der Waals surface area (Å²) < 4.78 is 20.3. The second kappa shape index (κ2) is 5.08. The van der Waals surface area contributed by atoms with Crippen LogP contribution >= 0.6 is 0 Å². The van der Waals surface area contributed by atoms with E-state index in [1.807, 2.05) is 6.07 Å². The van der Waals surface area contributed by atoms with Gasteiger partial charge in [-0.15, -0.1) is 0 Å². The Morgan fingerprint density at radius 3 is 2.83 bits per heavy atom. The minimum Gasteiger partial charge on any atom is -0.464 e. The Morgan fingerprint density at radius 1 is 1.44 bits per heavy atom. The second-order valence-electron chi connectivity index (χ2n) is 4.41. The Balaban J connectivity index is 2.47. The summed E-state index contributed by atoms with van der Waals surface area (Å²) >= 11 is 0. The number of benzene rings is 1. The fourth-order valence-electron chi connectivity index (χ4n) is 2.34. The van der Waals surface area contributed by atoms with Crippen molar-refractivity contribution in [3.63, 3.8) is 0 Å². The number of hydrogen-bond acceptors (Lipinski definition) is 3. The molecule has 2 aromatic rings. The van der Waals surface area contributed by atoms with Crippen LogP contribution in [0.4, 0.5) is 4.39 Å². The molecule has 0 spiro atoms.